The molecule has 1 aliphatic heterocycles. The van der Waals surface area contributed by atoms with Gasteiger partial charge in [0.1, 0.15) is 11.5 Å². The van der Waals surface area contributed by atoms with Crippen molar-refractivity contribution >= 4 is 22.9 Å². The fraction of sp³-hybridized carbons (Fsp3) is 0.316. The molecule has 1 amide bonds. The summed E-state index contributed by atoms with van der Waals surface area (Å²) in [5.74, 6) is 1.34. The van der Waals surface area contributed by atoms with Gasteiger partial charge in [0, 0.05) is 16.0 Å². The number of fused-ring (bicyclic) bond motifs is 1. The third-order valence-electron chi connectivity index (χ3n) is 4.58. The summed E-state index contributed by atoms with van der Waals surface area (Å²) >= 11 is 1.67. The minimum atomic E-state index is -0.0826. The Morgan fingerprint density at radius 1 is 1.23 bits per heavy atom. The molecule has 0 bridgehead atoms. The molecule has 0 radical (unpaired) electrons. The molecule has 2 aromatic heterocycles. The van der Waals surface area contributed by atoms with E-state index in [1.807, 2.05) is 39.0 Å². The molecular weight excluding hydrogens is 350 g/mol. The fourth-order valence-electron chi connectivity index (χ4n) is 3.21. The van der Waals surface area contributed by atoms with E-state index in [9.17, 15) is 4.79 Å². The number of carbonyl (C=O) groups excluding carboxylic acids is 1. The molecule has 3 aromatic rings. The second-order valence-corrected chi connectivity index (χ2v) is 7.80. The van der Waals surface area contributed by atoms with Gasteiger partial charge < -0.3 is 14.2 Å². The summed E-state index contributed by atoms with van der Waals surface area (Å²) in [5.41, 5.74) is 4.41. The summed E-state index contributed by atoms with van der Waals surface area (Å²) in [5, 5.41) is 5.01. The normalized spacial score (nSPS) is 13.7. The number of benzene rings is 1. The number of thiazole rings is 1. The van der Waals surface area contributed by atoms with E-state index in [0.29, 0.717) is 12.3 Å². The zero-order valence-electron chi connectivity index (χ0n) is 15.1. The van der Waals surface area contributed by atoms with Gasteiger partial charge in [0.15, 0.2) is 6.61 Å². The highest BCUT2D eigenvalue weighted by atomic mass is 32.1. The Bertz CT molecular complexity index is 986. The van der Waals surface area contributed by atoms with E-state index in [1.165, 1.54) is 0 Å². The van der Waals surface area contributed by atoms with Crippen LogP contribution in [0.4, 0.5) is 5.69 Å². The number of aromatic nitrogens is 2. The molecule has 1 aliphatic rings. The van der Waals surface area contributed by atoms with Crippen molar-refractivity contribution < 1.29 is 14.1 Å². The van der Waals surface area contributed by atoms with E-state index < -0.39 is 0 Å². The van der Waals surface area contributed by atoms with Crippen LogP contribution in [-0.4, -0.2) is 22.7 Å². The zero-order valence-corrected chi connectivity index (χ0v) is 15.9. The van der Waals surface area contributed by atoms with Gasteiger partial charge in [0.05, 0.1) is 28.6 Å². The average Bonchev–Trinajstić information content (AvgIpc) is 3.11. The summed E-state index contributed by atoms with van der Waals surface area (Å²) < 4.78 is 10.9. The first-order valence-corrected chi connectivity index (χ1v) is 9.19. The highest BCUT2D eigenvalue weighted by molar-refractivity contribution is 7.11. The number of rotatable bonds is 3. The first kappa shape index (κ1) is 16.8. The Labute approximate surface area is 155 Å². The number of ether oxygens (including phenoxy) is 1. The van der Waals surface area contributed by atoms with E-state index in [1.54, 1.807) is 16.2 Å². The molecule has 0 saturated carbocycles. The third kappa shape index (κ3) is 2.78. The Hall–Kier alpha value is -2.67. The van der Waals surface area contributed by atoms with Gasteiger partial charge >= 0.3 is 0 Å². The van der Waals surface area contributed by atoms with Crippen LogP contribution < -0.4 is 9.64 Å². The molecule has 0 atom stereocenters. The molecule has 0 aliphatic carbocycles. The summed E-state index contributed by atoms with van der Waals surface area (Å²) in [6.45, 7) is 8.24. The molecule has 0 N–H and O–H groups in total. The number of anilines is 1. The molecule has 3 heterocycles. The molecule has 4 rings (SSSR count). The molecule has 0 spiro atoms. The Morgan fingerprint density at radius 3 is 2.69 bits per heavy atom. The molecule has 7 heteroatoms. The lowest BCUT2D eigenvalue weighted by Crippen LogP contribution is -2.38. The maximum atomic E-state index is 12.6. The lowest BCUT2D eigenvalue weighted by molar-refractivity contribution is -0.121. The van der Waals surface area contributed by atoms with Gasteiger partial charge in [-0.05, 0) is 45.9 Å². The van der Waals surface area contributed by atoms with Crippen LogP contribution in [0.1, 0.15) is 26.9 Å². The van der Waals surface area contributed by atoms with Crippen molar-refractivity contribution in [1.29, 1.82) is 0 Å². The predicted octanol–water partition coefficient (Wildman–Crippen LogP) is 3.96. The topological polar surface area (TPSA) is 68.5 Å². The summed E-state index contributed by atoms with van der Waals surface area (Å²) in [6.07, 6.45) is 0. The van der Waals surface area contributed by atoms with Gasteiger partial charge in [-0.3, -0.25) is 4.79 Å². The van der Waals surface area contributed by atoms with Crippen LogP contribution in [-0.2, 0) is 11.3 Å². The highest BCUT2D eigenvalue weighted by Crippen LogP contribution is 2.38. The molecule has 134 valence electrons. The second-order valence-electron chi connectivity index (χ2n) is 6.39. The van der Waals surface area contributed by atoms with E-state index in [0.717, 1.165) is 43.8 Å². The highest BCUT2D eigenvalue weighted by Gasteiger charge is 2.28. The summed E-state index contributed by atoms with van der Waals surface area (Å²) in [4.78, 5) is 20.1. The molecule has 0 unspecified atom stereocenters. The zero-order chi connectivity index (χ0) is 18.4. The van der Waals surface area contributed by atoms with Crippen molar-refractivity contribution in [2.75, 3.05) is 11.5 Å². The minimum absolute atomic E-state index is 0.0323. The van der Waals surface area contributed by atoms with Crippen LogP contribution in [0.5, 0.6) is 5.75 Å². The fourth-order valence-corrected chi connectivity index (χ4v) is 4.05. The number of carbonyl (C=O) groups is 1. The maximum absolute atomic E-state index is 12.6. The minimum Gasteiger partial charge on any atom is -0.482 e. The molecule has 1 aromatic carbocycles. The monoisotopic (exact) mass is 369 g/mol. The van der Waals surface area contributed by atoms with Crippen molar-refractivity contribution in [2.24, 2.45) is 0 Å². The van der Waals surface area contributed by atoms with Gasteiger partial charge in [-0.25, -0.2) is 4.98 Å². The third-order valence-corrected chi connectivity index (χ3v) is 5.46. The van der Waals surface area contributed by atoms with Crippen molar-refractivity contribution in [3.63, 3.8) is 0 Å². The SMILES string of the molecule is Cc1nc(-c2ccc3c(c2)N(Cc2c(C)noc2C)C(=O)CO3)c(C)s1. The second kappa shape index (κ2) is 6.25. The predicted molar refractivity (Wildman–Crippen MR) is 99.7 cm³/mol. The van der Waals surface area contributed by atoms with Crippen LogP contribution in [0.15, 0.2) is 22.7 Å². The van der Waals surface area contributed by atoms with Crippen LogP contribution in [0, 0.1) is 27.7 Å². The van der Waals surface area contributed by atoms with Crippen LogP contribution in [0.25, 0.3) is 11.3 Å². The van der Waals surface area contributed by atoms with Crippen molar-refractivity contribution in [3.05, 3.63) is 45.1 Å². The van der Waals surface area contributed by atoms with Crippen LogP contribution in [0.2, 0.25) is 0 Å². The van der Waals surface area contributed by atoms with Crippen LogP contribution >= 0.6 is 11.3 Å². The van der Waals surface area contributed by atoms with Crippen LogP contribution in [0.3, 0.4) is 0 Å². The quantitative estimate of drug-likeness (QED) is 0.699. The molecule has 6 nitrogen and oxygen atoms in total. The Morgan fingerprint density at radius 2 is 2.04 bits per heavy atom. The van der Waals surface area contributed by atoms with E-state index >= 15 is 0 Å². The number of hydrogen-bond acceptors (Lipinski definition) is 6. The smallest absolute Gasteiger partial charge is 0.265 e. The number of nitrogens with zero attached hydrogens (tertiary/aromatic N) is 3. The largest absolute Gasteiger partial charge is 0.482 e. The van der Waals surface area contributed by atoms with E-state index in [4.69, 9.17) is 9.26 Å². The van der Waals surface area contributed by atoms with Crippen molar-refractivity contribution in [1.82, 2.24) is 10.1 Å². The number of hydrogen-bond donors (Lipinski definition) is 0. The van der Waals surface area contributed by atoms with E-state index in [2.05, 4.69) is 17.1 Å². The molecule has 0 fully saturated rings. The van der Waals surface area contributed by atoms with Gasteiger partial charge in [-0.1, -0.05) is 5.16 Å². The van der Waals surface area contributed by atoms with Gasteiger partial charge in [-0.15, -0.1) is 11.3 Å². The summed E-state index contributed by atoms with van der Waals surface area (Å²) in [6, 6.07) is 5.88. The first-order chi connectivity index (χ1) is 12.4. The molecule has 0 saturated heterocycles. The van der Waals surface area contributed by atoms with Gasteiger partial charge in [0.25, 0.3) is 5.91 Å². The Balaban J connectivity index is 1.78. The number of aryl methyl sites for hydroxylation is 4. The first-order valence-electron chi connectivity index (χ1n) is 8.37. The molecular formula is C19H19N3O3S. The summed E-state index contributed by atoms with van der Waals surface area (Å²) in [7, 11) is 0. The maximum Gasteiger partial charge on any atom is 0.265 e. The average molecular weight is 369 g/mol. The lowest BCUT2D eigenvalue weighted by atomic mass is 10.1. The Kier molecular flexibility index (Phi) is 4.03. The standard InChI is InChI=1S/C19H19N3O3S/c1-10-15(11(2)25-21-10)8-22-16-7-14(19-12(3)26-13(4)20-19)5-6-17(16)24-9-18(22)23/h5-7H,8-9H2,1-4H3. The lowest BCUT2D eigenvalue weighted by Gasteiger charge is -2.29. The molecule has 26 heavy (non-hydrogen) atoms. The van der Waals surface area contributed by atoms with Gasteiger partial charge in [0.2, 0.25) is 0 Å². The van der Waals surface area contributed by atoms with Crippen molar-refractivity contribution in [3.8, 4) is 17.0 Å². The van der Waals surface area contributed by atoms with Crippen molar-refractivity contribution in [2.45, 2.75) is 34.2 Å². The number of amides is 1. The van der Waals surface area contributed by atoms with E-state index in [-0.39, 0.29) is 12.5 Å². The van der Waals surface area contributed by atoms with Gasteiger partial charge in [-0.2, -0.15) is 0 Å².